The largest absolute Gasteiger partial charge is 0.371 e. The topological polar surface area (TPSA) is 36.4 Å². The van der Waals surface area contributed by atoms with Crippen molar-refractivity contribution < 1.29 is 0 Å². The van der Waals surface area contributed by atoms with E-state index in [0.717, 1.165) is 24.4 Å². The number of amidine groups is 1. The van der Waals surface area contributed by atoms with E-state index in [9.17, 15) is 0 Å². The molecule has 2 aliphatic rings. The van der Waals surface area contributed by atoms with Crippen LogP contribution >= 0.6 is 0 Å². The third kappa shape index (κ3) is 4.66. The highest BCUT2D eigenvalue weighted by atomic mass is 15.2. The zero-order valence-electron chi connectivity index (χ0n) is 18.7. The number of nitrogens with zero attached hydrogens (tertiary/aromatic N) is 1. The SMILES string of the molecule is CC.c1ccc(-c2ccc(CN=C3Nc4ccccc4NC34CCCCC4)cc2)cc1. The lowest BCUT2D eigenvalue weighted by atomic mass is 9.79. The Morgan fingerprint density at radius 2 is 1.32 bits per heavy atom. The fraction of sp³-hybridized carbons (Fsp3) is 0.321. The Morgan fingerprint density at radius 3 is 2.03 bits per heavy atom. The first-order valence-electron chi connectivity index (χ1n) is 11.7. The number of hydrogen-bond acceptors (Lipinski definition) is 2. The molecular formula is C28H33N3. The summed E-state index contributed by atoms with van der Waals surface area (Å²) in [5.74, 6) is 1.10. The second kappa shape index (κ2) is 9.82. The Bertz CT molecular complexity index is 1000. The molecule has 1 heterocycles. The summed E-state index contributed by atoms with van der Waals surface area (Å²) in [5.41, 5.74) is 6.01. The fourth-order valence-corrected chi connectivity index (χ4v) is 4.58. The van der Waals surface area contributed by atoms with Crippen LogP contribution in [-0.2, 0) is 6.54 Å². The van der Waals surface area contributed by atoms with Crippen LogP contribution in [0, 0.1) is 0 Å². The van der Waals surface area contributed by atoms with Crippen molar-refractivity contribution in [3.05, 3.63) is 84.4 Å². The number of rotatable bonds is 3. The maximum atomic E-state index is 5.07. The van der Waals surface area contributed by atoms with Gasteiger partial charge in [-0.15, -0.1) is 0 Å². The second-order valence-electron chi connectivity index (χ2n) is 8.17. The number of nitrogens with one attached hydrogen (secondary N) is 2. The molecule has 2 N–H and O–H groups in total. The van der Waals surface area contributed by atoms with Gasteiger partial charge in [0.05, 0.1) is 23.5 Å². The van der Waals surface area contributed by atoms with Gasteiger partial charge in [0.25, 0.3) is 0 Å². The minimum absolute atomic E-state index is 0.0451. The molecule has 0 radical (unpaired) electrons. The van der Waals surface area contributed by atoms with Crippen molar-refractivity contribution >= 4 is 17.2 Å². The molecule has 1 fully saturated rings. The summed E-state index contributed by atoms with van der Waals surface area (Å²) in [7, 11) is 0. The quantitative estimate of drug-likeness (QED) is 0.467. The maximum absolute atomic E-state index is 5.07. The van der Waals surface area contributed by atoms with E-state index in [2.05, 4.69) is 89.5 Å². The molecule has 3 aromatic rings. The van der Waals surface area contributed by atoms with Crippen LogP contribution < -0.4 is 10.6 Å². The minimum atomic E-state index is -0.0451. The summed E-state index contributed by atoms with van der Waals surface area (Å²) >= 11 is 0. The maximum Gasteiger partial charge on any atom is 0.127 e. The molecule has 0 unspecified atom stereocenters. The predicted molar refractivity (Wildman–Crippen MR) is 134 cm³/mol. The number of para-hydroxylation sites is 2. The van der Waals surface area contributed by atoms with Gasteiger partial charge in [-0.1, -0.05) is 99.8 Å². The lowest BCUT2D eigenvalue weighted by molar-refractivity contribution is 0.403. The van der Waals surface area contributed by atoms with Crippen LogP contribution in [0.25, 0.3) is 11.1 Å². The third-order valence-electron chi connectivity index (χ3n) is 6.20. The van der Waals surface area contributed by atoms with Gasteiger partial charge in [-0.25, -0.2) is 0 Å². The molecular weight excluding hydrogens is 378 g/mol. The van der Waals surface area contributed by atoms with Gasteiger partial charge in [0.1, 0.15) is 5.84 Å². The molecule has 0 aromatic heterocycles. The molecule has 5 rings (SSSR count). The first kappa shape index (κ1) is 21.2. The van der Waals surface area contributed by atoms with Crippen molar-refractivity contribution in [3.8, 4) is 11.1 Å². The molecule has 1 spiro atoms. The molecule has 31 heavy (non-hydrogen) atoms. The Morgan fingerprint density at radius 1 is 0.710 bits per heavy atom. The van der Waals surface area contributed by atoms with Crippen molar-refractivity contribution in [1.29, 1.82) is 0 Å². The van der Waals surface area contributed by atoms with E-state index in [1.807, 2.05) is 13.8 Å². The minimum Gasteiger partial charge on any atom is -0.371 e. The van der Waals surface area contributed by atoms with Crippen LogP contribution in [0.5, 0.6) is 0 Å². The van der Waals surface area contributed by atoms with Gasteiger partial charge in [-0.05, 0) is 41.7 Å². The average molecular weight is 412 g/mol. The molecule has 3 aromatic carbocycles. The Kier molecular flexibility index (Phi) is 6.71. The van der Waals surface area contributed by atoms with Gasteiger partial charge >= 0.3 is 0 Å². The summed E-state index contributed by atoms with van der Waals surface area (Å²) in [6, 6.07) is 27.8. The Labute approximate surface area is 186 Å². The van der Waals surface area contributed by atoms with Crippen molar-refractivity contribution in [2.45, 2.75) is 58.0 Å². The van der Waals surface area contributed by atoms with Crippen LogP contribution in [-0.4, -0.2) is 11.4 Å². The molecule has 1 aliphatic carbocycles. The molecule has 1 aliphatic heterocycles. The normalized spacial score (nSPS) is 17.7. The highest BCUT2D eigenvalue weighted by Crippen LogP contribution is 2.39. The van der Waals surface area contributed by atoms with Crippen LogP contribution in [0.3, 0.4) is 0 Å². The van der Waals surface area contributed by atoms with E-state index in [1.54, 1.807) is 0 Å². The van der Waals surface area contributed by atoms with Crippen LogP contribution in [0.2, 0.25) is 0 Å². The zero-order valence-corrected chi connectivity index (χ0v) is 18.7. The van der Waals surface area contributed by atoms with E-state index < -0.39 is 0 Å². The molecule has 160 valence electrons. The van der Waals surface area contributed by atoms with Gasteiger partial charge in [0.2, 0.25) is 0 Å². The van der Waals surface area contributed by atoms with Gasteiger partial charge in [0.15, 0.2) is 0 Å². The highest BCUT2D eigenvalue weighted by Gasteiger charge is 2.40. The summed E-state index contributed by atoms with van der Waals surface area (Å²) in [6.07, 6.45) is 6.10. The van der Waals surface area contributed by atoms with Gasteiger partial charge in [-0.3, -0.25) is 4.99 Å². The lowest BCUT2D eigenvalue weighted by Gasteiger charge is -2.44. The number of anilines is 2. The summed E-state index contributed by atoms with van der Waals surface area (Å²) in [6.45, 7) is 4.70. The molecule has 0 bridgehead atoms. The van der Waals surface area contributed by atoms with E-state index >= 15 is 0 Å². The Balaban J connectivity index is 0.00000112. The second-order valence-corrected chi connectivity index (χ2v) is 8.17. The van der Waals surface area contributed by atoms with Crippen molar-refractivity contribution in [3.63, 3.8) is 0 Å². The number of hydrogen-bond donors (Lipinski definition) is 2. The van der Waals surface area contributed by atoms with Crippen LogP contribution in [0.15, 0.2) is 83.9 Å². The lowest BCUT2D eigenvalue weighted by Crippen LogP contribution is -2.53. The zero-order chi connectivity index (χ0) is 21.5. The summed E-state index contributed by atoms with van der Waals surface area (Å²) in [4.78, 5) is 5.07. The number of benzene rings is 3. The molecule has 0 atom stereocenters. The highest BCUT2D eigenvalue weighted by molar-refractivity contribution is 6.09. The molecule has 3 heteroatoms. The average Bonchev–Trinajstić information content (AvgIpc) is 2.85. The summed E-state index contributed by atoms with van der Waals surface area (Å²) in [5, 5.41) is 7.49. The van der Waals surface area contributed by atoms with E-state index in [0.29, 0.717) is 6.54 Å². The van der Waals surface area contributed by atoms with Crippen molar-refractivity contribution in [2.75, 3.05) is 10.6 Å². The van der Waals surface area contributed by atoms with Crippen molar-refractivity contribution in [2.24, 2.45) is 4.99 Å². The van der Waals surface area contributed by atoms with E-state index in [-0.39, 0.29) is 5.54 Å². The predicted octanol–water partition coefficient (Wildman–Crippen LogP) is 7.52. The smallest absolute Gasteiger partial charge is 0.127 e. The van der Waals surface area contributed by atoms with Gasteiger partial charge < -0.3 is 10.6 Å². The van der Waals surface area contributed by atoms with Crippen molar-refractivity contribution in [1.82, 2.24) is 0 Å². The molecule has 3 nitrogen and oxygen atoms in total. The van der Waals surface area contributed by atoms with Gasteiger partial charge in [-0.2, -0.15) is 0 Å². The fourth-order valence-electron chi connectivity index (χ4n) is 4.58. The third-order valence-corrected chi connectivity index (χ3v) is 6.20. The number of fused-ring (bicyclic) bond motifs is 1. The summed E-state index contributed by atoms with van der Waals surface area (Å²) < 4.78 is 0. The number of aliphatic imine (C=N–C) groups is 1. The molecule has 0 saturated heterocycles. The molecule has 1 saturated carbocycles. The monoisotopic (exact) mass is 411 g/mol. The van der Waals surface area contributed by atoms with E-state index in [4.69, 9.17) is 4.99 Å². The van der Waals surface area contributed by atoms with E-state index in [1.165, 1.54) is 41.6 Å². The molecule has 0 amide bonds. The van der Waals surface area contributed by atoms with Crippen LogP contribution in [0.1, 0.15) is 51.5 Å². The standard InChI is InChI=1S/C26H27N3.C2H6/c1-3-9-21(10-4-1)22-15-13-20(14-16-22)19-27-25-26(17-7-2-8-18-26)29-24-12-6-5-11-23(24)28-25;1-2/h1,3-6,9-16,29H,2,7-8,17-19H2,(H,27,28);1-2H3. The first-order chi connectivity index (χ1) is 15.3. The Hall–Kier alpha value is -3.07. The first-order valence-corrected chi connectivity index (χ1v) is 11.7. The van der Waals surface area contributed by atoms with Gasteiger partial charge in [0, 0.05) is 0 Å². The van der Waals surface area contributed by atoms with Crippen LogP contribution in [0.4, 0.5) is 11.4 Å².